The smallest absolute Gasteiger partial charge is 0.123 e. The number of hydrogen-bond donors (Lipinski definition) is 1. The van der Waals surface area contributed by atoms with Gasteiger partial charge in [-0.25, -0.2) is 4.39 Å². The summed E-state index contributed by atoms with van der Waals surface area (Å²) < 4.78 is 13.0. The molecule has 1 heterocycles. The van der Waals surface area contributed by atoms with Gasteiger partial charge in [0.05, 0.1) is 6.10 Å². The molecule has 0 bridgehead atoms. The molecule has 90 valence electrons. The van der Waals surface area contributed by atoms with E-state index in [4.69, 9.17) is 0 Å². The molecule has 0 saturated carbocycles. The van der Waals surface area contributed by atoms with E-state index in [0.29, 0.717) is 12.0 Å². The van der Waals surface area contributed by atoms with E-state index in [1.54, 1.807) is 23.5 Å². The van der Waals surface area contributed by atoms with Gasteiger partial charge in [0.15, 0.2) is 0 Å². The molecule has 1 aromatic heterocycles. The summed E-state index contributed by atoms with van der Waals surface area (Å²) in [6, 6.07) is 10.3. The van der Waals surface area contributed by atoms with Gasteiger partial charge in [-0.3, -0.25) is 0 Å². The lowest BCUT2D eigenvalue weighted by molar-refractivity contribution is 0.179. The molecular formula is C14H15FOS. The lowest BCUT2D eigenvalue weighted by Gasteiger charge is -2.09. The lowest BCUT2D eigenvalue weighted by Crippen LogP contribution is -2.00. The first-order chi connectivity index (χ1) is 8.19. The average molecular weight is 250 g/mol. The third kappa shape index (κ3) is 3.14. The molecular weight excluding hydrogens is 235 g/mol. The maximum Gasteiger partial charge on any atom is 0.123 e. The van der Waals surface area contributed by atoms with Gasteiger partial charge in [0, 0.05) is 16.2 Å². The zero-order valence-electron chi connectivity index (χ0n) is 9.69. The van der Waals surface area contributed by atoms with Crippen LogP contribution in [0.3, 0.4) is 0 Å². The number of thiophene rings is 1. The standard InChI is InChI=1S/C14H15FOS/c1-2-12-6-7-13(17-12)9-14(16)10-4-3-5-11(15)8-10/h3-8,14,16H,2,9H2,1H3. The van der Waals surface area contributed by atoms with E-state index in [-0.39, 0.29) is 5.82 Å². The monoisotopic (exact) mass is 250 g/mol. The molecule has 0 saturated heterocycles. The van der Waals surface area contributed by atoms with Crippen molar-refractivity contribution in [2.24, 2.45) is 0 Å². The van der Waals surface area contributed by atoms with Crippen LogP contribution in [0.15, 0.2) is 36.4 Å². The highest BCUT2D eigenvalue weighted by atomic mass is 32.1. The van der Waals surface area contributed by atoms with Crippen molar-refractivity contribution in [1.82, 2.24) is 0 Å². The minimum atomic E-state index is -0.631. The Morgan fingerprint density at radius 2 is 2.00 bits per heavy atom. The van der Waals surface area contributed by atoms with E-state index < -0.39 is 6.10 Å². The summed E-state index contributed by atoms with van der Waals surface area (Å²) >= 11 is 1.71. The van der Waals surface area contributed by atoms with E-state index in [1.807, 2.05) is 6.07 Å². The topological polar surface area (TPSA) is 20.2 Å². The van der Waals surface area contributed by atoms with Crippen LogP contribution in [-0.4, -0.2) is 5.11 Å². The van der Waals surface area contributed by atoms with Gasteiger partial charge >= 0.3 is 0 Å². The van der Waals surface area contributed by atoms with Crippen LogP contribution in [0.5, 0.6) is 0 Å². The maximum absolute atomic E-state index is 13.0. The second-order valence-electron chi connectivity index (χ2n) is 4.00. The van der Waals surface area contributed by atoms with Gasteiger partial charge in [0.2, 0.25) is 0 Å². The van der Waals surface area contributed by atoms with Crippen molar-refractivity contribution in [2.75, 3.05) is 0 Å². The largest absolute Gasteiger partial charge is 0.388 e. The van der Waals surface area contributed by atoms with E-state index in [1.165, 1.54) is 17.0 Å². The van der Waals surface area contributed by atoms with Crippen molar-refractivity contribution in [2.45, 2.75) is 25.9 Å². The third-order valence-electron chi connectivity index (χ3n) is 2.69. The first-order valence-electron chi connectivity index (χ1n) is 5.70. The normalized spacial score (nSPS) is 12.6. The highest BCUT2D eigenvalue weighted by Gasteiger charge is 2.10. The van der Waals surface area contributed by atoms with E-state index in [0.717, 1.165) is 11.3 Å². The predicted molar refractivity (Wildman–Crippen MR) is 68.8 cm³/mol. The molecule has 3 heteroatoms. The Morgan fingerprint density at radius 3 is 2.65 bits per heavy atom. The van der Waals surface area contributed by atoms with Crippen molar-refractivity contribution < 1.29 is 9.50 Å². The molecule has 0 aliphatic heterocycles. The number of aliphatic hydroxyl groups is 1. The first kappa shape index (κ1) is 12.3. The Morgan fingerprint density at radius 1 is 1.24 bits per heavy atom. The predicted octanol–water partition coefficient (Wildman–Crippen LogP) is 3.73. The molecule has 1 N–H and O–H groups in total. The molecule has 1 nitrogen and oxygen atoms in total. The van der Waals surface area contributed by atoms with Crippen molar-refractivity contribution in [3.05, 3.63) is 57.5 Å². The molecule has 0 spiro atoms. The van der Waals surface area contributed by atoms with E-state index in [9.17, 15) is 9.50 Å². The Hall–Kier alpha value is -1.19. The number of halogens is 1. The van der Waals surface area contributed by atoms with Gasteiger partial charge in [-0.15, -0.1) is 11.3 Å². The summed E-state index contributed by atoms with van der Waals surface area (Å²) in [6.07, 6.45) is 0.934. The molecule has 1 atom stereocenters. The van der Waals surface area contributed by atoms with Crippen molar-refractivity contribution in [3.63, 3.8) is 0 Å². The fourth-order valence-electron chi connectivity index (χ4n) is 1.74. The first-order valence-corrected chi connectivity index (χ1v) is 6.52. The quantitative estimate of drug-likeness (QED) is 0.876. The maximum atomic E-state index is 13.0. The minimum absolute atomic E-state index is 0.304. The van der Waals surface area contributed by atoms with Gasteiger partial charge in [-0.2, -0.15) is 0 Å². The molecule has 2 aromatic rings. The molecule has 0 aliphatic carbocycles. The van der Waals surface area contributed by atoms with E-state index in [2.05, 4.69) is 13.0 Å². The molecule has 0 amide bonds. The summed E-state index contributed by atoms with van der Waals surface area (Å²) in [6.45, 7) is 2.11. The second-order valence-corrected chi connectivity index (χ2v) is 5.25. The molecule has 0 radical (unpaired) electrons. The van der Waals surface area contributed by atoms with Crippen LogP contribution in [0, 0.1) is 5.82 Å². The van der Waals surface area contributed by atoms with Crippen LogP contribution < -0.4 is 0 Å². The van der Waals surface area contributed by atoms with Gasteiger partial charge in [-0.1, -0.05) is 19.1 Å². The van der Waals surface area contributed by atoms with Gasteiger partial charge in [0.25, 0.3) is 0 Å². The summed E-state index contributed by atoms with van der Waals surface area (Å²) in [5, 5.41) is 10.0. The molecule has 2 rings (SSSR count). The summed E-state index contributed by atoms with van der Waals surface area (Å²) in [5.74, 6) is -0.304. The number of aryl methyl sites for hydroxylation is 1. The minimum Gasteiger partial charge on any atom is -0.388 e. The fraction of sp³-hybridized carbons (Fsp3) is 0.286. The SMILES string of the molecule is CCc1ccc(CC(O)c2cccc(F)c2)s1. The van der Waals surface area contributed by atoms with Gasteiger partial charge < -0.3 is 5.11 Å². The van der Waals surface area contributed by atoms with Crippen LogP contribution in [0.4, 0.5) is 4.39 Å². The third-order valence-corrected chi connectivity index (χ3v) is 3.95. The second kappa shape index (κ2) is 5.43. The van der Waals surface area contributed by atoms with Crippen molar-refractivity contribution >= 4 is 11.3 Å². The zero-order chi connectivity index (χ0) is 12.3. The molecule has 1 aromatic carbocycles. The van der Waals surface area contributed by atoms with Gasteiger partial charge in [-0.05, 0) is 36.2 Å². The molecule has 0 fully saturated rings. The van der Waals surface area contributed by atoms with Crippen LogP contribution in [0.1, 0.15) is 28.3 Å². The Kier molecular flexibility index (Phi) is 3.92. The van der Waals surface area contributed by atoms with Crippen molar-refractivity contribution in [1.29, 1.82) is 0 Å². The number of hydrogen-bond acceptors (Lipinski definition) is 2. The van der Waals surface area contributed by atoms with E-state index >= 15 is 0 Å². The Bertz CT molecular complexity index is 492. The zero-order valence-corrected chi connectivity index (χ0v) is 10.5. The summed E-state index contributed by atoms with van der Waals surface area (Å²) in [7, 11) is 0. The number of rotatable bonds is 4. The number of aliphatic hydroxyl groups excluding tert-OH is 1. The molecule has 1 unspecified atom stereocenters. The van der Waals surface area contributed by atoms with Crippen LogP contribution in [0.2, 0.25) is 0 Å². The van der Waals surface area contributed by atoms with Crippen molar-refractivity contribution in [3.8, 4) is 0 Å². The van der Waals surface area contributed by atoms with Crippen LogP contribution >= 0.6 is 11.3 Å². The lowest BCUT2D eigenvalue weighted by atomic mass is 10.1. The molecule has 0 aliphatic rings. The van der Waals surface area contributed by atoms with Gasteiger partial charge in [0.1, 0.15) is 5.82 Å². The van der Waals surface area contributed by atoms with Crippen LogP contribution in [-0.2, 0) is 12.8 Å². The highest BCUT2D eigenvalue weighted by Crippen LogP contribution is 2.24. The Balaban J connectivity index is 2.08. The summed E-state index contributed by atoms with van der Waals surface area (Å²) in [5.41, 5.74) is 0.636. The Labute approximate surface area is 105 Å². The van der Waals surface area contributed by atoms with Crippen LogP contribution in [0.25, 0.3) is 0 Å². The highest BCUT2D eigenvalue weighted by molar-refractivity contribution is 7.11. The fourth-order valence-corrected chi connectivity index (χ4v) is 2.74. The number of benzene rings is 1. The average Bonchev–Trinajstić information content (AvgIpc) is 2.77. The summed E-state index contributed by atoms with van der Waals surface area (Å²) in [4.78, 5) is 2.45. The molecule has 17 heavy (non-hydrogen) atoms.